The third-order valence-electron chi connectivity index (χ3n) is 5.25. The molecule has 0 saturated heterocycles. The van der Waals surface area contributed by atoms with E-state index in [2.05, 4.69) is 13.2 Å². The molecule has 0 aromatic rings. The van der Waals surface area contributed by atoms with Gasteiger partial charge in [-0.15, -0.1) is 0 Å². The molecule has 0 atom stereocenters. The van der Waals surface area contributed by atoms with E-state index in [4.69, 9.17) is 33.0 Å². The first-order valence-corrected chi connectivity index (χ1v) is 9.41. The number of rotatable bonds is 6. The van der Waals surface area contributed by atoms with E-state index in [0.717, 1.165) is 51.4 Å². The molecule has 6 heteroatoms. The summed E-state index contributed by atoms with van der Waals surface area (Å²) in [4.78, 5) is 22.5. The summed E-state index contributed by atoms with van der Waals surface area (Å²) in [6, 6.07) is 0. The Balaban J connectivity index is 0.000000251. The first kappa shape index (κ1) is 22.0. The van der Waals surface area contributed by atoms with Gasteiger partial charge >= 0.3 is 11.9 Å². The molecule has 0 aliphatic heterocycles. The fraction of sp³-hybridized carbons (Fsp3) is 0.684. The van der Waals surface area contributed by atoms with Crippen molar-refractivity contribution < 1.29 is 19.4 Å². The molecule has 0 amide bonds. The Morgan fingerprint density at radius 3 is 1.60 bits per heavy atom. The van der Waals surface area contributed by atoms with Crippen LogP contribution in [0.25, 0.3) is 0 Å². The van der Waals surface area contributed by atoms with E-state index >= 15 is 0 Å². The number of halogens is 2. The quantitative estimate of drug-likeness (QED) is 0.596. The Bertz CT molecular complexity index is 516. The van der Waals surface area contributed by atoms with Gasteiger partial charge in [-0.3, -0.25) is 9.59 Å². The van der Waals surface area contributed by atoms with Gasteiger partial charge in [0.15, 0.2) is 0 Å². The van der Waals surface area contributed by atoms with Crippen LogP contribution < -0.4 is 0 Å². The average Bonchev–Trinajstić information content (AvgIpc) is 3.17. The number of allylic oxidation sites excluding steroid dienone is 2. The lowest BCUT2D eigenvalue weighted by Gasteiger charge is -2.24. The summed E-state index contributed by atoms with van der Waals surface area (Å²) < 4.78 is 4.80. The normalized spacial score (nSPS) is 20.3. The maximum atomic E-state index is 11.5. The van der Waals surface area contributed by atoms with Crippen molar-refractivity contribution in [3.05, 3.63) is 23.2 Å². The highest BCUT2D eigenvalue weighted by Crippen LogP contribution is 2.44. The second kappa shape index (κ2) is 9.63. The molecule has 0 aromatic heterocycles. The number of hydrogen-bond donors (Lipinski definition) is 1. The van der Waals surface area contributed by atoms with Crippen molar-refractivity contribution in [2.45, 2.75) is 64.2 Å². The highest BCUT2D eigenvalue weighted by molar-refractivity contribution is 6.29. The lowest BCUT2D eigenvalue weighted by Crippen LogP contribution is -2.29. The standard InChI is InChI=1S/C10H15ClO2.C9H13ClO2/c1-8(11)7-10(9(12)13-2)5-3-4-6-10;1-7(10)6-9(8(11)12)4-2-3-5-9/h1,3-7H2,2H3;1-6H2,(H,11,12). The SMILES string of the molecule is C=C(Cl)CC1(C(=O)O)CCCC1.C=C(Cl)CC1(C(=O)OC)CCCC1. The summed E-state index contributed by atoms with van der Waals surface area (Å²) in [5.74, 6) is -0.853. The van der Waals surface area contributed by atoms with Crippen LogP contribution >= 0.6 is 23.2 Å². The van der Waals surface area contributed by atoms with Crippen molar-refractivity contribution in [2.24, 2.45) is 10.8 Å². The number of carbonyl (C=O) groups is 2. The summed E-state index contributed by atoms with van der Waals surface area (Å²) in [5.41, 5.74) is -0.966. The van der Waals surface area contributed by atoms with Crippen molar-refractivity contribution in [3.8, 4) is 0 Å². The lowest BCUT2D eigenvalue weighted by molar-refractivity contribution is -0.152. The maximum Gasteiger partial charge on any atom is 0.312 e. The molecule has 2 rings (SSSR count). The minimum absolute atomic E-state index is 0.133. The van der Waals surface area contributed by atoms with E-state index in [1.165, 1.54) is 7.11 Å². The monoisotopic (exact) mass is 390 g/mol. The Morgan fingerprint density at radius 2 is 1.28 bits per heavy atom. The van der Waals surface area contributed by atoms with E-state index in [9.17, 15) is 9.59 Å². The lowest BCUT2D eigenvalue weighted by atomic mass is 9.83. The van der Waals surface area contributed by atoms with Crippen LogP contribution in [-0.2, 0) is 14.3 Å². The van der Waals surface area contributed by atoms with Gasteiger partial charge in [0, 0.05) is 10.1 Å². The van der Waals surface area contributed by atoms with Crippen molar-refractivity contribution in [3.63, 3.8) is 0 Å². The number of aliphatic carboxylic acids is 1. The van der Waals surface area contributed by atoms with Crippen molar-refractivity contribution in [1.29, 1.82) is 0 Å². The number of methoxy groups -OCH3 is 1. The molecule has 1 N–H and O–H groups in total. The minimum Gasteiger partial charge on any atom is -0.481 e. The van der Waals surface area contributed by atoms with Crippen molar-refractivity contribution >= 4 is 35.1 Å². The van der Waals surface area contributed by atoms with Gasteiger partial charge in [0.25, 0.3) is 0 Å². The first-order valence-electron chi connectivity index (χ1n) is 8.66. The predicted octanol–water partition coefficient (Wildman–Crippen LogP) is 5.64. The molecule has 0 heterocycles. The fourth-order valence-electron chi connectivity index (χ4n) is 3.97. The Labute approximate surface area is 160 Å². The summed E-state index contributed by atoms with van der Waals surface area (Å²) in [6.07, 6.45) is 8.38. The molecular formula is C19H28Cl2O4. The van der Waals surface area contributed by atoms with Crippen LogP contribution in [0.5, 0.6) is 0 Å². The maximum absolute atomic E-state index is 11.5. The molecule has 0 aromatic carbocycles. The van der Waals surface area contributed by atoms with Crippen LogP contribution in [0.15, 0.2) is 23.2 Å². The van der Waals surface area contributed by atoms with Gasteiger partial charge in [0.05, 0.1) is 17.9 Å². The van der Waals surface area contributed by atoms with E-state index in [1.54, 1.807) is 0 Å². The van der Waals surface area contributed by atoms with Crippen LogP contribution in [0.4, 0.5) is 0 Å². The third-order valence-corrected chi connectivity index (χ3v) is 5.52. The van der Waals surface area contributed by atoms with Crippen LogP contribution in [0, 0.1) is 10.8 Å². The molecule has 0 unspecified atom stereocenters. The Morgan fingerprint density at radius 1 is 0.920 bits per heavy atom. The number of esters is 1. The van der Waals surface area contributed by atoms with Gasteiger partial charge < -0.3 is 9.84 Å². The highest BCUT2D eigenvalue weighted by Gasteiger charge is 2.42. The highest BCUT2D eigenvalue weighted by atomic mass is 35.5. The molecule has 0 bridgehead atoms. The molecule has 25 heavy (non-hydrogen) atoms. The number of carboxylic acid groups (broad SMARTS) is 1. The summed E-state index contributed by atoms with van der Waals surface area (Å²) in [5, 5.41) is 10.0. The third kappa shape index (κ3) is 6.03. The Kier molecular flexibility index (Phi) is 8.49. The van der Waals surface area contributed by atoms with Crippen LogP contribution in [-0.4, -0.2) is 24.2 Å². The largest absolute Gasteiger partial charge is 0.481 e. The summed E-state index contributed by atoms with van der Waals surface area (Å²) in [7, 11) is 1.43. The second-order valence-corrected chi connectivity index (χ2v) is 8.23. The van der Waals surface area contributed by atoms with Crippen molar-refractivity contribution in [1.82, 2.24) is 0 Å². The van der Waals surface area contributed by atoms with E-state index in [1.807, 2.05) is 0 Å². The zero-order valence-electron chi connectivity index (χ0n) is 14.9. The average molecular weight is 391 g/mol. The Hall–Kier alpha value is -1.00. The van der Waals surface area contributed by atoms with E-state index < -0.39 is 11.4 Å². The number of hydrogen-bond acceptors (Lipinski definition) is 3. The van der Waals surface area contributed by atoms with Crippen LogP contribution in [0.1, 0.15) is 64.2 Å². The van der Waals surface area contributed by atoms with Crippen LogP contribution in [0.3, 0.4) is 0 Å². The van der Waals surface area contributed by atoms with Gasteiger partial charge in [-0.2, -0.15) is 0 Å². The zero-order valence-corrected chi connectivity index (χ0v) is 16.4. The smallest absolute Gasteiger partial charge is 0.312 e. The summed E-state index contributed by atoms with van der Waals surface area (Å²) in [6.45, 7) is 7.19. The fourth-order valence-corrected chi connectivity index (χ4v) is 4.49. The molecule has 2 aliphatic carbocycles. The van der Waals surface area contributed by atoms with Gasteiger partial charge in [0.1, 0.15) is 0 Å². The first-order chi connectivity index (χ1) is 11.7. The van der Waals surface area contributed by atoms with Gasteiger partial charge in [-0.25, -0.2) is 0 Å². The molecule has 2 fully saturated rings. The molecular weight excluding hydrogens is 363 g/mol. The van der Waals surface area contributed by atoms with Crippen LogP contribution in [0.2, 0.25) is 0 Å². The molecule has 0 spiro atoms. The van der Waals surface area contributed by atoms with Crippen molar-refractivity contribution in [2.75, 3.05) is 7.11 Å². The zero-order chi connectivity index (χ0) is 19.1. The predicted molar refractivity (Wildman–Crippen MR) is 101 cm³/mol. The van der Waals surface area contributed by atoms with Gasteiger partial charge in [0.2, 0.25) is 0 Å². The molecule has 2 saturated carbocycles. The topological polar surface area (TPSA) is 63.6 Å². The number of carboxylic acids is 1. The number of ether oxygens (including phenoxy) is 1. The van der Waals surface area contributed by atoms with E-state index in [0.29, 0.717) is 22.9 Å². The molecule has 4 nitrogen and oxygen atoms in total. The van der Waals surface area contributed by atoms with Gasteiger partial charge in [-0.05, 0) is 38.5 Å². The minimum atomic E-state index is -0.721. The second-order valence-electron chi connectivity index (χ2n) is 7.16. The van der Waals surface area contributed by atoms with E-state index in [-0.39, 0.29) is 11.4 Å². The molecule has 142 valence electrons. The summed E-state index contributed by atoms with van der Waals surface area (Å²) >= 11 is 11.4. The molecule has 0 radical (unpaired) electrons. The van der Waals surface area contributed by atoms with Gasteiger partial charge in [-0.1, -0.05) is 62.0 Å². The molecule has 2 aliphatic rings. The number of carbonyl (C=O) groups excluding carboxylic acids is 1.